The fraction of sp³-hybridized carbons (Fsp3) is 0.167. The molecule has 5 aromatic rings. The average Bonchev–Trinajstić information content (AvgIpc) is 3.54. The number of nitrogens with one attached hydrogen (secondary N) is 3. The summed E-state index contributed by atoms with van der Waals surface area (Å²) in [6, 6.07) is 13.5. The molecule has 0 aliphatic carbocycles. The van der Waals surface area contributed by atoms with Crippen molar-refractivity contribution >= 4 is 40.3 Å². The number of aryl methyl sites for hydroxylation is 1. The third-order valence-corrected chi connectivity index (χ3v) is 5.70. The van der Waals surface area contributed by atoms with Gasteiger partial charge < -0.3 is 15.5 Å². The van der Waals surface area contributed by atoms with Gasteiger partial charge >= 0.3 is 12.1 Å². The SMILES string of the molecule is CNc1nc(C)nc(-n2c(Nc3ccn[nH]3)nc3ccc(-c4ccc(N(C)C(=O)C(F)(F)F)cc4)cc32)n1. The number of alkyl halides is 3. The molecule has 0 radical (unpaired) electrons. The molecule has 0 atom stereocenters. The maximum Gasteiger partial charge on any atom is 0.471 e. The minimum Gasteiger partial charge on any atom is -0.357 e. The van der Waals surface area contributed by atoms with Gasteiger partial charge in [0.05, 0.1) is 17.2 Å². The van der Waals surface area contributed by atoms with Gasteiger partial charge in [0.15, 0.2) is 0 Å². The molecule has 0 saturated heterocycles. The second-order valence-electron chi connectivity index (χ2n) is 8.23. The first-order valence-corrected chi connectivity index (χ1v) is 11.3. The number of hydrogen-bond acceptors (Lipinski definition) is 8. The molecule has 0 spiro atoms. The van der Waals surface area contributed by atoms with Crippen LogP contribution in [0.1, 0.15) is 5.82 Å². The molecule has 3 heterocycles. The molecular weight excluding hydrogens is 501 g/mol. The lowest BCUT2D eigenvalue weighted by Crippen LogP contribution is -2.38. The zero-order valence-corrected chi connectivity index (χ0v) is 20.4. The monoisotopic (exact) mass is 522 g/mol. The van der Waals surface area contributed by atoms with Crippen molar-refractivity contribution in [1.29, 1.82) is 0 Å². The quantitative estimate of drug-likeness (QED) is 0.302. The normalized spacial score (nSPS) is 11.5. The van der Waals surface area contributed by atoms with Crippen LogP contribution in [0.3, 0.4) is 0 Å². The predicted molar refractivity (Wildman–Crippen MR) is 136 cm³/mol. The Labute approximate surface area is 213 Å². The van der Waals surface area contributed by atoms with Crippen LogP contribution < -0.4 is 15.5 Å². The van der Waals surface area contributed by atoms with Crippen LogP contribution in [-0.2, 0) is 4.79 Å². The number of nitrogens with zero attached hydrogens (tertiary/aromatic N) is 7. The van der Waals surface area contributed by atoms with Gasteiger partial charge in [-0.1, -0.05) is 18.2 Å². The third-order valence-electron chi connectivity index (χ3n) is 5.70. The number of aromatic nitrogens is 7. The molecule has 3 N–H and O–H groups in total. The summed E-state index contributed by atoms with van der Waals surface area (Å²) in [4.78, 5) is 30.1. The van der Waals surface area contributed by atoms with Crippen molar-refractivity contribution in [3.63, 3.8) is 0 Å². The standard InChI is InChI=1S/C24H21F3N10O/c1-13-30-21(28-2)34-22(31-13)37-18-12-15(6-9-17(18)32-23(37)33-19-10-11-29-35-19)14-4-7-16(8-5-14)36(3)20(38)24(25,26)27/h4-12H,1-3H3,(H,28,30,31,34)(H2,29,32,33,35). The molecule has 2 aromatic carbocycles. The lowest BCUT2D eigenvalue weighted by molar-refractivity contribution is -0.170. The minimum absolute atomic E-state index is 0.119. The molecule has 1 amide bonds. The highest BCUT2D eigenvalue weighted by atomic mass is 19.4. The van der Waals surface area contributed by atoms with Crippen LogP contribution in [0.2, 0.25) is 0 Å². The van der Waals surface area contributed by atoms with Gasteiger partial charge in [-0.2, -0.15) is 33.2 Å². The molecule has 0 unspecified atom stereocenters. The first kappa shape index (κ1) is 24.7. The summed E-state index contributed by atoms with van der Waals surface area (Å²) in [6.45, 7) is 1.75. The Morgan fingerprint density at radius 2 is 1.74 bits per heavy atom. The smallest absolute Gasteiger partial charge is 0.357 e. The van der Waals surface area contributed by atoms with Gasteiger partial charge in [0.25, 0.3) is 0 Å². The number of anilines is 4. The van der Waals surface area contributed by atoms with Gasteiger partial charge in [0.2, 0.25) is 17.8 Å². The molecule has 38 heavy (non-hydrogen) atoms. The molecule has 0 aliphatic heterocycles. The summed E-state index contributed by atoms with van der Waals surface area (Å²) in [6.07, 6.45) is -3.36. The van der Waals surface area contributed by atoms with E-state index in [2.05, 4.69) is 35.8 Å². The molecule has 0 bridgehead atoms. The van der Waals surface area contributed by atoms with Crippen molar-refractivity contribution < 1.29 is 18.0 Å². The van der Waals surface area contributed by atoms with Crippen molar-refractivity contribution in [2.24, 2.45) is 0 Å². The van der Waals surface area contributed by atoms with Crippen LogP contribution in [0.25, 0.3) is 28.1 Å². The number of hydrogen-bond donors (Lipinski definition) is 3. The van der Waals surface area contributed by atoms with Gasteiger partial charge in [-0.25, -0.2) is 9.55 Å². The number of aromatic amines is 1. The van der Waals surface area contributed by atoms with Gasteiger partial charge in [-0.3, -0.25) is 9.89 Å². The van der Waals surface area contributed by atoms with Crippen LogP contribution in [0.5, 0.6) is 0 Å². The Balaban J connectivity index is 1.59. The van der Waals surface area contributed by atoms with Crippen molar-refractivity contribution in [1.82, 2.24) is 34.7 Å². The number of imidazole rings is 1. The van der Waals surface area contributed by atoms with E-state index in [4.69, 9.17) is 4.98 Å². The van der Waals surface area contributed by atoms with E-state index in [1.807, 2.05) is 18.2 Å². The fourth-order valence-electron chi connectivity index (χ4n) is 3.85. The largest absolute Gasteiger partial charge is 0.471 e. The van der Waals surface area contributed by atoms with Gasteiger partial charge in [0, 0.05) is 25.8 Å². The lowest BCUT2D eigenvalue weighted by atomic mass is 10.0. The highest BCUT2D eigenvalue weighted by Crippen LogP contribution is 2.31. The maximum atomic E-state index is 12.8. The third kappa shape index (κ3) is 4.70. The molecule has 0 aliphatic rings. The minimum atomic E-state index is -4.96. The molecule has 0 saturated carbocycles. The van der Waals surface area contributed by atoms with E-state index in [0.717, 1.165) is 18.2 Å². The number of carbonyl (C=O) groups is 1. The van der Waals surface area contributed by atoms with E-state index in [0.29, 0.717) is 45.4 Å². The zero-order chi connectivity index (χ0) is 27.0. The summed E-state index contributed by atoms with van der Waals surface area (Å²) >= 11 is 0. The van der Waals surface area contributed by atoms with E-state index >= 15 is 0 Å². The number of benzene rings is 2. The Hall–Kier alpha value is -5.01. The van der Waals surface area contributed by atoms with Crippen molar-refractivity contribution in [3.05, 3.63) is 60.6 Å². The highest BCUT2D eigenvalue weighted by Gasteiger charge is 2.41. The zero-order valence-electron chi connectivity index (χ0n) is 20.4. The Morgan fingerprint density at radius 3 is 2.39 bits per heavy atom. The molecular formula is C24H21F3N10O. The fourth-order valence-corrected chi connectivity index (χ4v) is 3.85. The number of fused-ring (bicyclic) bond motifs is 1. The lowest BCUT2D eigenvalue weighted by Gasteiger charge is -2.19. The molecule has 5 rings (SSSR count). The van der Waals surface area contributed by atoms with Crippen LogP contribution >= 0.6 is 0 Å². The summed E-state index contributed by atoms with van der Waals surface area (Å²) < 4.78 is 40.2. The highest BCUT2D eigenvalue weighted by molar-refractivity contribution is 5.97. The predicted octanol–water partition coefficient (Wildman–Crippen LogP) is 4.22. The topological polar surface area (TPSA) is 130 Å². The number of H-pyrrole nitrogens is 1. The van der Waals surface area contributed by atoms with E-state index in [-0.39, 0.29) is 5.69 Å². The first-order chi connectivity index (χ1) is 18.1. The number of carbonyl (C=O) groups excluding carboxylic acids is 1. The van der Waals surface area contributed by atoms with Gasteiger partial charge in [-0.15, -0.1) is 0 Å². The van der Waals surface area contributed by atoms with Crippen molar-refractivity contribution in [2.45, 2.75) is 13.1 Å². The maximum absolute atomic E-state index is 12.8. The van der Waals surface area contributed by atoms with Crippen LogP contribution in [-0.4, -0.2) is 60.9 Å². The summed E-state index contributed by atoms with van der Waals surface area (Å²) in [5.74, 6) is 0.294. The summed E-state index contributed by atoms with van der Waals surface area (Å²) in [5, 5.41) is 12.9. The van der Waals surface area contributed by atoms with Gasteiger partial charge in [0.1, 0.15) is 11.6 Å². The van der Waals surface area contributed by atoms with Crippen molar-refractivity contribution in [3.8, 4) is 17.1 Å². The van der Waals surface area contributed by atoms with Crippen LogP contribution in [0.15, 0.2) is 54.7 Å². The average molecular weight is 522 g/mol. The first-order valence-electron chi connectivity index (χ1n) is 11.3. The Morgan fingerprint density at radius 1 is 1.00 bits per heavy atom. The molecule has 14 heteroatoms. The number of rotatable bonds is 6. The second-order valence-corrected chi connectivity index (χ2v) is 8.23. The second kappa shape index (κ2) is 9.46. The van der Waals surface area contributed by atoms with E-state index in [1.54, 1.807) is 42.9 Å². The molecule has 194 valence electrons. The van der Waals surface area contributed by atoms with E-state index in [1.165, 1.54) is 12.1 Å². The Bertz CT molecular complexity index is 1610. The van der Waals surface area contributed by atoms with E-state index < -0.39 is 12.1 Å². The molecule has 3 aromatic heterocycles. The number of halogens is 3. The number of amides is 1. The van der Waals surface area contributed by atoms with Crippen LogP contribution in [0, 0.1) is 6.92 Å². The Kier molecular flexibility index (Phi) is 6.14. The molecule has 0 fully saturated rings. The summed E-state index contributed by atoms with van der Waals surface area (Å²) in [7, 11) is 2.79. The van der Waals surface area contributed by atoms with Gasteiger partial charge in [-0.05, 0) is 42.3 Å². The van der Waals surface area contributed by atoms with Crippen LogP contribution in [0.4, 0.5) is 36.6 Å². The van der Waals surface area contributed by atoms with Crippen molar-refractivity contribution in [2.75, 3.05) is 29.6 Å². The molecule has 11 nitrogen and oxygen atoms in total. The summed E-state index contributed by atoms with van der Waals surface area (Å²) in [5.41, 5.74) is 2.93. The van der Waals surface area contributed by atoms with E-state index in [9.17, 15) is 18.0 Å².